The van der Waals surface area contributed by atoms with Gasteiger partial charge in [-0.05, 0) is 12.5 Å². The Bertz CT molecular complexity index is 416. The van der Waals surface area contributed by atoms with E-state index in [1.807, 2.05) is 27.1 Å². The minimum absolute atomic E-state index is 0.0801. The third-order valence-corrected chi connectivity index (χ3v) is 3.71. The van der Waals surface area contributed by atoms with Gasteiger partial charge in [0.2, 0.25) is 5.91 Å². The van der Waals surface area contributed by atoms with Gasteiger partial charge >= 0.3 is 0 Å². The van der Waals surface area contributed by atoms with Crippen LogP contribution in [0, 0.1) is 0 Å². The molecule has 7 heteroatoms. The summed E-state index contributed by atoms with van der Waals surface area (Å²) in [5.74, 6) is -0.281. The van der Waals surface area contributed by atoms with Crippen molar-refractivity contribution in [2.45, 2.75) is 26.2 Å². The van der Waals surface area contributed by atoms with Gasteiger partial charge in [0.1, 0.15) is 0 Å². The van der Waals surface area contributed by atoms with Gasteiger partial charge < -0.3 is 9.80 Å². The van der Waals surface area contributed by atoms with Crippen molar-refractivity contribution in [2.75, 3.05) is 39.5 Å². The Balaban J connectivity index is 3.82. The first kappa shape index (κ1) is 19.1. The summed E-state index contributed by atoms with van der Waals surface area (Å²) in [6.07, 6.45) is 5.43. The lowest BCUT2D eigenvalue weighted by molar-refractivity contribution is -0.890. The van der Waals surface area contributed by atoms with E-state index in [0.717, 1.165) is 19.4 Å². The molecule has 0 bridgehead atoms. The molecule has 0 atom stereocenters. The smallest absolute Gasteiger partial charge is 0.265 e. The number of hydrogen-bond acceptors (Lipinski definition) is 3. The summed E-state index contributed by atoms with van der Waals surface area (Å²) in [5, 5.41) is 2.80. The highest BCUT2D eigenvalue weighted by molar-refractivity contribution is 7.85. The maximum absolute atomic E-state index is 11.3. The van der Waals surface area contributed by atoms with E-state index in [2.05, 4.69) is 5.32 Å². The topological polar surface area (TPSA) is 83.5 Å². The quantitative estimate of drug-likeness (QED) is 0.271. The fraction of sp³-hybridized carbons (Fsp3) is 0.769. The van der Waals surface area contributed by atoms with E-state index >= 15 is 0 Å². The lowest BCUT2D eigenvalue weighted by atomic mass is 10.3. The minimum atomic E-state index is -3.87. The fourth-order valence-corrected chi connectivity index (χ4v) is 2.28. The van der Waals surface area contributed by atoms with E-state index in [9.17, 15) is 13.2 Å². The molecular weight excluding hydrogens is 280 g/mol. The highest BCUT2D eigenvalue weighted by atomic mass is 32.2. The monoisotopic (exact) mass is 307 g/mol. The van der Waals surface area contributed by atoms with Crippen molar-refractivity contribution in [3.8, 4) is 0 Å². The molecule has 0 radical (unpaired) electrons. The summed E-state index contributed by atoms with van der Waals surface area (Å²) in [7, 11) is 0.139. The highest BCUT2D eigenvalue weighted by Crippen LogP contribution is 2.02. The summed E-state index contributed by atoms with van der Waals surface area (Å²) < 4.78 is 30.6. The molecule has 20 heavy (non-hydrogen) atoms. The van der Waals surface area contributed by atoms with Crippen LogP contribution in [0.3, 0.4) is 0 Å². The zero-order chi connectivity index (χ0) is 15.6. The first-order valence-electron chi connectivity index (χ1n) is 6.88. The number of nitrogens with zero attached hydrogens (tertiary/aromatic N) is 1. The summed E-state index contributed by atoms with van der Waals surface area (Å²) in [5.41, 5.74) is 0. The predicted molar refractivity (Wildman–Crippen MR) is 79.9 cm³/mol. The molecule has 0 fully saturated rings. The van der Waals surface area contributed by atoms with Gasteiger partial charge in [-0.15, -0.1) is 0 Å². The molecule has 0 aromatic heterocycles. The molecule has 0 aromatic carbocycles. The second kappa shape index (κ2) is 9.10. The van der Waals surface area contributed by atoms with Crippen LogP contribution >= 0.6 is 0 Å². The summed E-state index contributed by atoms with van der Waals surface area (Å²) in [4.78, 5) is 11.3. The van der Waals surface area contributed by atoms with Crippen molar-refractivity contribution >= 4 is 16.0 Å². The van der Waals surface area contributed by atoms with E-state index in [1.54, 1.807) is 0 Å². The summed E-state index contributed by atoms with van der Waals surface area (Å²) in [6.45, 7) is 4.08. The van der Waals surface area contributed by atoms with E-state index in [-0.39, 0.29) is 11.7 Å². The van der Waals surface area contributed by atoms with Gasteiger partial charge in [0.25, 0.3) is 10.1 Å². The summed E-state index contributed by atoms with van der Waals surface area (Å²) >= 11 is 0. The number of allylic oxidation sites excluding steroid dienone is 1. The van der Waals surface area contributed by atoms with Crippen LogP contribution < -0.4 is 5.32 Å². The zero-order valence-electron chi connectivity index (χ0n) is 12.6. The second-order valence-electron chi connectivity index (χ2n) is 5.48. The van der Waals surface area contributed by atoms with Crippen molar-refractivity contribution in [3.63, 3.8) is 0 Å². The molecule has 0 unspecified atom stereocenters. The molecule has 118 valence electrons. The van der Waals surface area contributed by atoms with Crippen molar-refractivity contribution in [1.29, 1.82) is 0 Å². The van der Waals surface area contributed by atoms with Crippen molar-refractivity contribution < 1.29 is 22.2 Å². The Kier molecular flexibility index (Phi) is 8.68. The zero-order valence-corrected chi connectivity index (χ0v) is 13.4. The molecule has 0 aliphatic rings. The molecule has 0 saturated carbocycles. The first-order chi connectivity index (χ1) is 9.16. The van der Waals surface area contributed by atoms with Gasteiger partial charge in [0, 0.05) is 19.4 Å². The number of amides is 1. The maximum atomic E-state index is 11.3. The van der Waals surface area contributed by atoms with Crippen molar-refractivity contribution in [2.24, 2.45) is 0 Å². The number of quaternary nitrogens is 1. The Morgan fingerprint density at radius 1 is 1.25 bits per heavy atom. The Hall–Kier alpha value is -0.920. The highest BCUT2D eigenvalue weighted by Gasteiger charge is 2.16. The Labute approximate surface area is 122 Å². The van der Waals surface area contributed by atoms with Gasteiger partial charge in [0.05, 0.1) is 32.9 Å². The normalized spacial score (nSPS) is 12.8. The van der Waals surface area contributed by atoms with Crippen LogP contribution in [0.15, 0.2) is 12.2 Å². The molecule has 6 nitrogen and oxygen atoms in total. The minimum Gasteiger partial charge on any atom is -0.352 e. The van der Waals surface area contributed by atoms with Gasteiger partial charge in [-0.1, -0.05) is 13.0 Å². The molecule has 2 N–H and O–H groups in total. The van der Waals surface area contributed by atoms with Gasteiger partial charge in [-0.25, -0.2) is 0 Å². The molecule has 0 aliphatic carbocycles. The molecule has 1 amide bonds. The van der Waals surface area contributed by atoms with E-state index in [1.165, 1.54) is 6.08 Å². The van der Waals surface area contributed by atoms with E-state index in [0.29, 0.717) is 24.0 Å². The average Bonchev–Trinajstić information content (AvgIpc) is 2.30. The lowest BCUT2D eigenvalue weighted by Crippen LogP contribution is -2.43. The third-order valence-electron chi connectivity index (χ3n) is 2.91. The maximum Gasteiger partial charge on any atom is 0.265 e. The molecule has 0 aromatic rings. The predicted octanol–water partition coefficient (Wildman–Crippen LogP) is 0.813. The standard InChI is InChI=1S/C13H26N2O4S/c1-4-5-8-13(16)14-9-6-10-15(2,3)11-7-12-20(17,18)19/h5,8H,4,6-7,9-12H2,1-3H3,(H-,14,16,17,18,19)/p+1. The van der Waals surface area contributed by atoms with Crippen LogP contribution in [0.25, 0.3) is 0 Å². The number of rotatable bonds is 10. The van der Waals surface area contributed by atoms with Gasteiger partial charge in [-0.2, -0.15) is 8.42 Å². The molecule has 0 heterocycles. The lowest BCUT2D eigenvalue weighted by Gasteiger charge is -2.29. The number of carbonyl (C=O) groups is 1. The molecule has 0 rings (SSSR count). The number of nitrogens with one attached hydrogen (secondary N) is 1. The van der Waals surface area contributed by atoms with Crippen molar-refractivity contribution in [1.82, 2.24) is 5.32 Å². The largest absolute Gasteiger partial charge is 0.352 e. The number of carbonyl (C=O) groups excluding carboxylic acids is 1. The molecule has 0 aliphatic heterocycles. The SMILES string of the molecule is CCC=CC(=O)NCCC[N+](C)(C)CCCS(=O)(=O)O. The van der Waals surface area contributed by atoms with E-state index in [4.69, 9.17) is 4.55 Å². The average molecular weight is 307 g/mol. The molecule has 0 spiro atoms. The summed E-state index contributed by atoms with van der Waals surface area (Å²) in [6, 6.07) is 0. The second-order valence-corrected chi connectivity index (χ2v) is 7.05. The fourth-order valence-electron chi connectivity index (χ4n) is 1.79. The number of hydrogen-bond donors (Lipinski definition) is 2. The van der Waals surface area contributed by atoms with Gasteiger partial charge in [0.15, 0.2) is 0 Å². The van der Waals surface area contributed by atoms with E-state index < -0.39 is 10.1 Å². The van der Waals surface area contributed by atoms with Crippen LogP contribution in [0.2, 0.25) is 0 Å². The van der Waals surface area contributed by atoms with Gasteiger partial charge in [-0.3, -0.25) is 9.35 Å². The van der Waals surface area contributed by atoms with Crippen LogP contribution in [-0.2, 0) is 14.9 Å². The molecular formula is C13H27N2O4S+. The third kappa shape index (κ3) is 12.1. The van der Waals surface area contributed by atoms with Crippen LogP contribution in [0.1, 0.15) is 26.2 Å². The Morgan fingerprint density at radius 2 is 1.85 bits per heavy atom. The first-order valence-corrected chi connectivity index (χ1v) is 8.49. The van der Waals surface area contributed by atoms with Crippen LogP contribution in [-0.4, -0.2) is 62.8 Å². The molecule has 0 saturated heterocycles. The van der Waals surface area contributed by atoms with Crippen molar-refractivity contribution in [3.05, 3.63) is 12.2 Å². The van der Waals surface area contributed by atoms with Crippen LogP contribution in [0.4, 0.5) is 0 Å². The van der Waals surface area contributed by atoms with Crippen LogP contribution in [0.5, 0.6) is 0 Å². The Morgan fingerprint density at radius 3 is 2.40 bits per heavy atom.